The molecule has 2 rings (SSSR count). The summed E-state index contributed by atoms with van der Waals surface area (Å²) >= 11 is 0. The van der Waals surface area contributed by atoms with Gasteiger partial charge in [-0.3, -0.25) is 4.79 Å². The highest BCUT2D eigenvalue weighted by Gasteiger charge is 2.12. The van der Waals surface area contributed by atoms with Crippen molar-refractivity contribution in [3.05, 3.63) is 66.0 Å². The predicted molar refractivity (Wildman–Crippen MR) is 74.4 cm³/mol. The van der Waals surface area contributed by atoms with Crippen LogP contribution in [-0.2, 0) is 11.3 Å². The third-order valence-corrected chi connectivity index (χ3v) is 3.06. The molecule has 3 nitrogen and oxygen atoms in total. The predicted octanol–water partition coefficient (Wildman–Crippen LogP) is 2.16. The van der Waals surface area contributed by atoms with Gasteiger partial charge in [-0.25, -0.2) is 0 Å². The van der Waals surface area contributed by atoms with Gasteiger partial charge in [-0.15, -0.1) is 0 Å². The Labute approximate surface area is 113 Å². The van der Waals surface area contributed by atoms with Crippen LogP contribution in [0.4, 0.5) is 0 Å². The van der Waals surface area contributed by atoms with Gasteiger partial charge in [0.25, 0.3) is 5.91 Å². The molecule has 0 aliphatic heterocycles. The average molecular weight is 255 g/mol. The van der Waals surface area contributed by atoms with Gasteiger partial charge >= 0.3 is 0 Å². The van der Waals surface area contributed by atoms with Gasteiger partial charge in [0.2, 0.25) is 6.54 Å². The van der Waals surface area contributed by atoms with Gasteiger partial charge in [-0.2, -0.15) is 4.57 Å². The lowest BCUT2D eigenvalue weighted by Crippen LogP contribution is -2.43. The Morgan fingerprint density at radius 1 is 1.16 bits per heavy atom. The minimum Gasteiger partial charge on any atom is -0.344 e. The molecule has 0 unspecified atom stereocenters. The Hall–Kier alpha value is -2.16. The SMILES string of the molecule is Cc1cc[n+](CC(=O)N[C@H](C)c2ccccc2)cc1. The van der Waals surface area contributed by atoms with E-state index in [9.17, 15) is 4.79 Å². The zero-order valence-corrected chi connectivity index (χ0v) is 11.3. The first-order valence-electron chi connectivity index (χ1n) is 6.45. The van der Waals surface area contributed by atoms with E-state index in [-0.39, 0.29) is 11.9 Å². The Morgan fingerprint density at radius 2 is 1.79 bits per heavy atom. The molecule has 0 aliphatic carbocycles. The summed E-state index contributed by atoms with van der Waals surface area (Å²) in [5, 5.41) is 3.00. The highest BCUT2D eigenvalue weighted by molar-refractivity contribution is 5.74. The van der Waals surface area contributed by atoms with Crippen LogP contribution in [0.5, 0.6) is 0 Å². The minimum atomic E-state index is 0.0187. The normalized spacial score (nSPS) is 11.9. The maximum atomic E-state index is 11.9. The van der Waals surface area contributed by atoms with Crippen molar-refractivity contribution in [2.24, 2.45) is 0 Å². The molecule has 3 heteroatoms. The van der Waals surface area contributed by atoms with Gasteiger partial charge in [0.1, 0.15) is 0 Å². The second-order valence-electron chi connectivity index (χ2n) is 4.75. The fraction of sp³-hybridized carbons (Fsp3) is 0.250. The molecule has 1 atom stereocenters. The number of benzene rings is 1. The zero-order valence-electron chi connectivity index (χ0n) is 11.3. The number of hydrogen-bond acceptors (Lipinski definition) is 1. The molecule has 0 radical (unpaired) electrons. The van der Waals surface area contributed by atoms with E-state index >= 15 is 0 Å². The Balaban J connectivity index is 1.93. The Kier molecular flexibility index (Phi) is 4.29. The summed E-state index contributed by atoms with van der Waals surface area (Å²) in [4.78, 5) is 11.9. The summed E-state index contributed by atoms with van der Waals surface area (Å²) in [7, 11) is 0. The molecule has 1 heterocycles. The molecule has 98 valence electrons. The summed E-state index contributed by atoms with van der Waals surface area (Å²) < 4.78 is 1.88. The lowest BCUT2D eigenvalue weighted by atomic mass is 10.1. The van der Waals surface area contributed by atoms with Gasteiger partial charge in [0, 0.05) is 12.1 Å². The van der Waals surface area contributed by atoms with Crippen molar-refractivity contribution in [3.8, 4) is 0 Å². The molecule has 1 aromatic heterocycles. The first-order valence-corrected chi connectivity index (χ1v) is 6.45. The van der Waals surface area contributed by atoms with Crippen LogP contribution in [0.1, 0.15) is 24.1 Å². The molecule has 1 N–H and O–H groups in total. The van der Waals surface area contributed by atoms with Gasteiger partial charge in [0.15, 0.2) is 12.4 Å². The number of pyridine rings is 1. The van der Waals surface area contributed by atoms with E-state index in [4.69, 9.17) is 0 Å². The first kappa shape index (κ1) is 13.3. The van der Waals surface area contributed by atoms with Crippen molar-refractivity contribution in [2.75, 3.05) is 0 Å². The van der Waals surface area contributed by atoms with Crippen LogP contribution in [-0.4, -0.2) is 5.91 Å². The van der Waals surface area contributed by atoms with E-state index in [1.807, 2.05) is 73.3 Å². The topological polar surface area (TPSA) is 33.0 Å². The number of nitrogens with zero attached hydrogens (tertiary/aromatic N) is 1. The molecule has 1 aromatic carbocycles. The maximum Gasteiger partial charge on any atom is 0.286 e. The van der Waals surface area contributed by atoms with Gasteiger partial charge in [-0.1, -0.05) is 30.3 Å². The number of nitrogens with one attached hydrogen (secondary N) is 1. The number of rotatable bonds is 4. The highest BCUT2D eigenvalue weighted by Crippen LogP contribution is 2.10. The van der Waals surface area contributed by atoms with Crippen LogP contribution in [0.15, 0.2) is 54.9 Å². The number of carbonyl (C=O) groups is 1. The van der Waals surface area contributed by atoms with Gasteiger partial charge in [-0.05, 0) is 25.0 Å². The van der Waals surface area contributed by atoms with Crippen molar-refractivity contribution < 1.29 is 9.36 Å². The second kappa shape index (κ2) is 6.14. The summed E-state index contributed by atoms with van der Waals surface area (Å²) in [6.45, 7) is 4.37. The van der Waals surface area contributed by atoms with Gasteiger partial charge in [0.05, 0.1) is 6.04 Å². The quantitative estimate of drug-likeness (QED) is 0.834. The van der Waals surface area contributed by atoms with Crippen molar-refractivity contribution in [1.29, 1.82) is 0 Å². The monoisotopic (exact) mass is 255 g/mol. The lowest BCUT2D eigenvalue weighted by molar-refractivity contribution is -0.684. The fourth-order valence-corrected chi connectivity index (χ4v) is 1.92. The smallest absolute Gasteiger partial charge is 0.286 e. The molecule has 1 amide bonds. The third kappa shape index (κ3) is 3.91. The van der Waals surface area contributed by atoms with Crippen molar-refractivity contribution in [3.63, 3.8) is 0 Å². The molecule has 0 aliphatic rings. The van der Waals surface area contributed by atoms with Crippen LogP contribution in [0, 0.1) is 6.92 Å². The third-order valence-electron chi connectivity index (χ3n) is 3.06. The van der Waals surface area contributed by atoms with Crippen LogP contribution in [0.2, 0.25) is 0 Å². The molecular formula is C16H19N2O+. The van der Waals surface area contributed by atoms with Gasteiger partial charge < -0.3 is 5.32 Å². The zero-order chi connectivity index (χ0) is 13.7. The molecule has 0 spiro atoms. The Bertz CT molecular complexity index is 534. The Morgan fingerprint density at radius 3 is 2.42 bits per heavy atom. The van der Waals surface area contributed by atoms with Crippen molar-refractivity contribution in [2.45, 2.75) is 26.4 Å². The van der Waals surface area contributed by atoms with Crippen LogP contribution in [0.3, 0.4) is 0 Å². The van der Waals surface area contributed by atoms with Crippen LogP contribution < -0.4 is 9.88 Å². The van der Waals surface area contributed by atoms with E-state index < -0.39 is 0 Å². The summed E-state index contributed by atoms with van der Waals surface area (Å²) in [6, 6.07) is 14.0. The van der Waals surface area contributed by atoms with Crippen LogP contribution >= 0.6 is 0 Å². The van der Waals surface area contributed by atoms with E-state index in [1.165, 1.54) is 5.56 Å². The first-order chi connectivity index (χ1) is 9.15. The largest absolute Gasteiger partial charge is 0.344 e. The number of amides is 1. The molecule has 0 saturated carbocycles. The van der Waals surface area contributed by atoms with Crippen LogP contribution in [0.25, 0.3) is 0 Å². The highest BCUT2D eigenvalue weighted by atomic mass is 16.2. The minimum absolute atomic E-state index is 0.0187. The molecule has 0 bridgehead atoms. The van der Waals surface area contributed by atoms with E-state index in [0.717, 1.165) is 5.56 Å². The van der Waals surface area contributed by atoms with E-state index in [1.54, 1.807) is 0 Å². The number of aryl methyl sites for hydroxylation is 1. The molecule has 2 aromatic rings. The summed E-state index contributed by atoms with van der Waals surface area (Å²) in [6.07, 6.45) is 3.84. The molecule has 19 heavy (non-hydrogen) atoms. The molecular weight excluding hydrogens is 236 g/mol. The maximum absolute atomic E-state index is 11.9. The van der Waals surface area contributed by atoms with E-state index in [0.29, 0.717) is 6.54 Å². The number of hydrogen-bond donors (Lipinski definition) is 1. The lowest BCUT2D eigenvalue weighted by Gasteiger charge is -2.12. The number of aromatic nitrogens is 1. The van der Waals surface area contributed by atoms with Crippen molar-refractivity contribution in [1.82, 2.24) is 5.32 Å². The summed E-state index contributed by atoms with van der Waals surface area (Å²) in [5.74, 6) is 0.0187. The van der Waals surface area contributed by atoms with E-state index in [2.05, 4.69) is 5.32 Å². The van der Waals surface area contributed by atoms with Crippen molar-refractivity contribution >= 4 is 5.91 Å². The standard InChI is InChI=1S/C16H18N2O/c1-13-8-10-18(11-9-13)12-16(19)17-14(2)15-6-4-3-5-7-15/h3-11,14H,12H2,1-2H3/p+1/t14-/m1/s1. The fourth-order valence-electron chi connectivity index (χ4n) is 1.92. The molecule has 0 fully saturated rings. The number of carbonyl (C=O) groups excluding carboxylic acids is 1. The second-order valence-corrected chi connectivity index (χ2v) is 4.75. The average Bonchev–Trinajstić information content (AvgIpc) is 2.42. The molecule has 0 saturated heterocycles. The summed E-state index contributed by atoms with van der Waals surface area (Å²) in [5.41, 5.74) is 2.30.